The van der Waals surface area contributed by atoms with Crippen LogP contribution in [0.15, 0.2) is 0 Å². The molecule has 0 unspecified atom stereocenters. The highest BCUT2D eigenvalue weighted by Gasteiger charge is 2.14. The van der Waals surface area contributed by atoms with E-state index in [1.807, 2.05) is 6.92 Å². The van der Waals surface area contributed by atoms with E-state index in [-0.39, 0.29) is 11.8 Å². The van der Waals surface area contributed by atoms with Crippen LogP contribution >= 0.6 is 0 Å². The van der Waals surface area contributed by atoms with Crippen LogP contribution in [0.1, 0.15) is 39.0 Å². The Hall–Kier alpha value is -1.10. The van der Waals surface area contributed by atoms with E-state index in [1.54, 1.807) is 0 Å². The van der Waals surface area contributed by atoms with Gasteiger partial charge in [0.15, 0.2) is 0 Å². The Morgan fingerprint density at radius 1 is 1.12 bits per heavy atom. The second-order valence-electron chi connectivity index (χ2n) is 4.18. The maximum Gasteiger partial charge on any atom is 0.252 e. The number of hydrogen-bond donors (Lipinski definition) is 2. The molecule has 0 aromatic heterocycles. The van der Waals surface area contributed by atoms with Crippen molar-refractivity contribution in [1.82, 2.24) is 15.8 Å². The fourth-order valence-corrected chi connectivity index (χ4v) is 1.72. The summed E-state index contributed by atoms with van der Waals surface area (Å²) in [7, 11) is 0. The first-order valence-electron chi connectivity index (χ1n) is 6.02. The molecule has 1 aliphatic heterocycles. The monoisotopic (exact) mass is 227 g/mol. The molecule has 0 bridgehead atoms. The number of hydrogen-bond acceptors (Lipinski definition) is 3. The van der Waals surface area contributed by atoms with E-state index in [0.717, 1.165) is 38.8 Å². The van der Waals surface area contributed by atoms with Gasteiger partial charge in [-0.1, -0.05) is 13.3 Å². The maximum atomic E-state index is 11.4. The summed E-state index contributed by atoms with van der Waals surface area (Å²) in [6, 6.07) is 0. The highest BCUT2D eigenvalue weighted by atomic mass is 16.2. The van der Waals surface area contributed by atoms with Crippen molar-refractivity contribution in [3.05, 3.63) is 0 Å². The lowest BCUT2D eigenvalue weighted by molar-refractivity contribution is -0.129. The second kappa shape index (κ2) is 7.22. The van der Waals surface area contributed by atoms with Gasteiger partial charge >= 0.3 is 0 Å². The quantitative estimate of drug-likeness (QED) is 0.669. The zero-order chi connectivity index (χ0) is 11.8. The molecule has 0 atom stereocenters. The van der Waals surface area contributed by atoms with Gasteiger partial charge in [-0.3, -0.25) is 25.3 Å². The number of likely N-dealkylation sites (tertiary alicyclic amines) is 1. The van der Waals surface area contributed by atoms with Crippen molar-refractivity contribution in [2.45, 2.75) is 39.0 Å². The van der Waals surface area contributed by atoms with Gasteiger partial charge < -0.3 is 0 Å². The molecule has 5 nitrogen and oxygen atoms in total. The van der Waals surface area contributed by atoms with Gasteiger partial charge in [0.1, 0.15) is 0 Å². The highest BCUT2D eigenvalue weighted by molar-refractivity contribution is 5.82. The van der Waals surface area contributed by atoms with Crippen LogP contribution in [-0.4, -0.2) is 36.3 Å². The number of carbonyl (C=O) groups is 2. The molecule has 1 aliphatic rings. The Morgan fingerprint density at radius 3 is 2.38 bits per heavy atom. The average molecular weight is 227 g/mol. The van der Waals surface area contributed by atoms with Gasteiger partial charge in [-0.25, -0.2) is 0 Å². The van der Waals surface area contributed by atoms with Gasteiger partial charge in [0.25, 0.3) is 5.91 Å². The molecule has 2 N–H and O–H groups in total. The molecule has 0 saturated carbocycles. The van der Waals surface area contributed by atoms with E-state index in [1.165, 1.54) is 0 Å². The zero-order valence-corrected chi connectivity index (χ0v) is 9.92. The third-order valence-electron chi connectivity index (χ3n) is 2.66. The van der Waals surface area contributed by atoms with Gasteiger partial charge in [0, 0.05) is 6.42 Å². The third-order valence-corrected chi connectivity index (χ3v) is 2.66. The van der Waals surface area contributed by atoms with Crippen molar-refractivity contribution in [2.75, 3.05) is 19.6 Å². The van der Waals surface area contributed by atoms with E-state index >= 15 is 0 Å². The van der Waals surface area contributed by atoms with Crippen LogP contribution in [0.5, 0.6) is 0 Å². The Kier molecular flexibility index (Phi) is 5.85. The van der Waals surface area contributed by atoms with Crippen molar-refractivity contribution in [3.63, 3.8) is 0 Å². The predicted octanol–water partition coefficient (Wildman–Crippen LogP) is 0.420. The molecular weight excluding hydrogens is 206 g/mol. The highest BCUT2D eigenvalue weighted by Crippen LogP contribution is 2.05. The Balaban J connectivity index is 2.07. The van der Waals surface area contributed by atoms with Gasteiger partial charge in [-0.15, -0.1) is 0 Å². The minimum Gasteiger partial charge on any atom is -0.294 e. The number of amides is 2. The second-order valence-corrected chi connectivity index (χ2v) is 4.18. The van der Waals surface area contributed by atoms with Crippen LogP contribution in [-0.2, 0) is 9.59 Å². The lowest BCUT2D eigenvalue weighted by Crippen LogP contribution is -2.45. The predicted molar refractivity (Wildman–Crippen MR) is 61.5 cm³/mol. The van der Waals surface area contributed by atoms with Crippen LogP contribution in [0, 0.1) is 0 Å². The fraction of sp³-hybridized carbons (Fsp3) is 0.818. The molecule has 16 heavy (non-hydrogen) atoms. The molecule has 0 aliphatic carbocycles. The standard InChI is InChI=1S/C11H21N3O2/c1-2-3-6-10(15)12-13-11(16)9-14-7-4-5-8-14/h2-9H2,1H3,(H,12,15)(H,13,16). The van der Waals surface area contributed by atoms with Crippen molar-refractivity contribution in [3.8, 4) is 0 Å². The normalized spacial score (nSPS) is 16.1. The van der Waals surface area contributed by atoms with Crippen molar-refractivity contribution in [1.29, 1.82) is 0 Å². The molecule has 92 valence electrons. The smallest absolute Gasteiger partial charge is 0.252 e. The number of unbranched alkanes of at least 4 members (excludes halogenated alkanes) is 1. The van der Waals surface area contributed by atoms with E-state index in [9.17, 15) is 9.59 Å². The summed E-state index contributed by atoms with van der Waals surface area (Å²) < 4.78 is 0. The summed E-state index contributed by atoms with van der Waals surface area (Å²) in [5.74, 6) is -0.247. The largest absolute Gasteiger partial charge is 0.294 e. The van der Waals surface area contributed by atoms with Crippen molar-refractivity contribution >= 4 is 11.8 Å². The number of carbonyl (C=O) groups excluding carboxylic acids is 2. The van der Waals surface area contributed by atoms with Crippen molar-refractivity contribution in [2.24, 2.45) is 0 Å². The first-order chi connectivity index (χ1) is 7.72. The SMILES string of the molecule is CCCCC(=O)NNC(=O)CN1CCCC1. The topological polar surface area (TPSA) is 61.4 Å². The van der Waals surface area contributed by atoms with E-state index < -0.39 is 0 Å². The number of nitrogens with one attached hydrogen (secondary N) is 2. The molecule has 0 aromatic carbocycles. The first-order valence-corrected chi connectivity index (χ1v) is 6.02. The minimum absolute atomic E-state index is 0.114. The van der Waals surface area contributed by atoms with Crippen LogP contribution in [0.2, 0.25) is 0 Å². The minimum atomic E-state index is -0.133. The zero-order valence-electron chi connectivity index (χ0n) is 9.92. The van der Waals surface area contributed by atoms with Crippen LogP contribution in [0.25, 0.3) is 0 Å². The Morgan fingerprint density at radius 2 is 1.75 bits per heavy atom. The van der Waals surface area contributed by atoms with Crippen LogP contribution in [0.3, 0.4) is 0 Å². The molecule has 0 spiro atoms. The molecule has 1 rings (SSSR count). The molecule has 1 saturated heterocycles. The van der Waals surface area contributed by atoms with Crippen LogP contribution < -0.4 is 10.9 Å². The number of hydrazine groups is 1. The number of rotatable bonds is 5. The van der Waals surface area contributed by atoms with Gasteiger partial charge in [0.2, 0.25) is 5.91 Å². The molecule has 1 fully saturated rings. The number of nitrogens with zero attached hydrogens (tertiary/aromatic N) is 1. The molecule has 0 radical (unpaired) electrons. The van der Waals surface area contributed by atoms with Gasteiger partial charge in [-0.2, -0.15) is 0 Å². The molecule has 2 amide bonds. The average Bonchev–Trinajstić information content (AvgIpc) is 2.76. The van der Waals surface area contributed by atoms with Gasteiger partial charge in [0.05, 0.1) is 6.54 Å². The summed E-state index contributed by atoms with van der Waals surface area (Å²) in [6.07, 6.45) is 4.63. The van der Waals surface area contributed by atoms with Crippen LogP contribution in [0.4, 0.5) is 0 Å². The fourth-order valence-electron chi connectivity index (χ4n) is 1.72. The van der Waals surface area contributed by atoms with E-state index in [2.05, 4.69) is 15.8 Å². The summed E-state index contributed by atoms with van der Waals surface area (Å²) in [5.41, 5.74) is 4.86. The van der Waals surface area contributed by atoms with E-state index in [4.69, 9.17) is 0 Å². The molecule has 0 aromatic rings. The van der Waals surface area contributed by atoms with Crippen molar-refractivity contribution < 1.29 is 9.59 Å². The summed E-state index contributed by atoms with van der Waals surface area (Å²) in [6.45, 7) is 4.38. The summed E-state index contributed by atoms with van der Waals surface area (Å²) in [4.78, 5) is 24.7. The summed E-state index contributed by atoms with van der Waals surface area (Å²) >= 11 is 0. The Bertz CT molecular complexity index is 237. The van der Waals surface area contributed by atoms with E-state index in [0.29, 0.717) is 13.0 Å². The lowest BCUT2D eigenvalue weighted by atomic mass is 10.2. The molecule has 5 heteroatoms. The molecular formula is C11H21N3O2. The third kappa shape index (κ3) is 5.11. The summed E-state index contributed by atoms with van der Waals surface area (Å²) in [5, 5.41) is 0. The maximum absolute atomic E-state index is 11.4. The Labute approximate surface area is 96.5 Å². The first kappa shape index (κ1) is 13.0. The lowest BCUT2D eigenvalue weighted by Gasteiger charge is -2.14. The molecule has 1 heterocycles. The van der Waals surface area contributed by atoms with Gasteiger partial charge in [-0.05, 0) is 32.4 Å².